The maximum absolute atomic E-state index is 12.9. The fraction of sp³-hybridized carbons (Fsp3) is 0.263. The summed E-state index contributed by atoms with van der Waals surface area (Å²) >= 11 is 2.11. The van der Waals surface area contributed by atoms with Gasteiger partial charge in [-0.1, -0.05) is 0 Å². The number of carbonyl (C=O) groups excluding carboxylic acids is 3. The Morgan fingerprint density at radius 1 is 1.17 bits per heavy atom. The number of pyridine rings is 1. The number of hydrogen-bond acceptors (Lipinski definition) is 8. The zero-order valence-electron chi connectivity index (χ0n) is 16.3. The molecule has 2 amide bonds. The van der Waals surface area contributed by atoms with Gasteiger partial charge in [-0.15, -0.1) is 22.7 Å². The van der Waals surface area contributed by atoms with Crippen LogP contribution in [0.1, 0.15) is 53.4 Å². The SMILES string of the molecule is CCOC(=O)c1sc(NC(=O)c2sc3nc(C)cc(C)c3c2N)c(C(N)=O)c1C. The molecular formula is C19H20N4O4S2. The number of anilines is 2. The number of amides is 2. The van der Waals surface area contributed by atoms with Crippen LogP contribution in [-0.2, 0) is 4.74 Å². The molecule has 5 N–H and O–H groups in total. The minimum absolute atomic E-state index is 0.0798. The van der Waals surface area contributed by atoms with Crippen molar-refractivity contribution in [2.75, 3.05) is 17.7 Å². The maximum atomic E-state index is 12.9. The molecule has 0 aliphatic carbocycles. The number of hydrogen-bond donors (Lipinski definition) is 3. The highest BCUT2D eigenvalue weighted by molar-refractivity contribution is 7.21. The Balaban J connectivity index is 2.03. The van der Waals surface area contributed by atoms with E-state index in [0.29, 0.717) is 16.1 Å². The largest absolute Gasteiger partial charge is 0.462 e. The Kier molecular flexibility index (Phi) is 5.58. The molecule has 0 radical (unpaired) electrons. The molecule has 8 nitrogen and oxygen atoms in total. The average Bonchev–Trinajstić information content (AvgIpc) is 3.12. The van der Waals surface area contributed by atoms with Crippen molar-refractivity contribution in [3.8, 4) is 0 Å². The molecule has 0 unspecified atom stereocenters. The number of nitrogens with one attached hydrogen (secondary N) is 1. The standard InChI is InChI=1S/C19H20N4O4S2/c1-5-27-19(26)13-9(4)11(15(21)24)18(28-13)23-16(25)14-12(20)10-7(2)6-8(3)22-17(10)29-14/h6H,5,20H2,1-4H3,(H2,21,24)(H,23,25). The molecule has 0 spiro atoms. The van der Waals surface area contributed by atoms with Crippen LogP contribution >= 0.6 is 22.7 Å². The van der Waals surface area contributed by atoms with Crippen molar-refractivity contribution < 1.29 is 19.1 Å². The van der Waals surface area contributed by atoms with Gasteiger partial charge in [0.25, 0.3) is 11.8 Å². The van der Waals surface area contributed by atoms with Gasteiger partial charge in [-0.2, -0.15) is 0 Å². The highest BCUT2D eigenvalue weighted by Crippen LogP contribution is 2.37. The van der Waals surface area contributed by atoms with Crippen molar-refractivity contribution in [2.24, 2.45) is 5.73 Å². The number of ether oxygens (including phenoxy) is 1. The molecule has 3 aromatic heterocycles. The van der Waals surface area contributed by atoms with E-state index in [4.69, 9.17) is 16.2 Å². The van der Waals surface area contributed by atoms with Crippen molar-refractivity contribution in [2.45, 2.75) is 27.7 Å². The minimum Gasteiger partial charge on any atom is -0.462 e. The van der Waals surface area contributed by atoms with E-state index in [2.05, 4.69) is 10.3 Å². The maximum Gasteiger partial charge on any atom is 0.348 e. The normalized spacial score (nSPS) is 10.9. The number of nitrogens with zero attached hydrogens (tertiary/aromatic N) is 1. The van der Waals surface area contributed by atoms with E-state index < -0.39 is 17.8 Å². The molecule has 3 rings (SSSR count). The summed E-state index contributed by atoms with van der Waals surface area (Å²) in [6, 6.07) is 1.90. The summed E-state index contributed by atoms with van der Waals surface area (Å²) < 4.78 is 5.01. The first kappa shape index (κ1) is 20.7. The van der Waals surface area contributed by atoms with Crippen molar-refractivity contribution in [1.82, 2.24) is 4.98 Å². The number of aryl methyl sites for hydroxylation is 2. The zero-order chi connectivity index (χ0) is 21.5. The Morgan fingerprint density at radius 3 is 2.48 bits per heavy atom. The number of esters is 1. The van der Waals surface area contributed by atoms with Crippen LogP contribution < -0.4 is 16.8 Å². The van der Waals surface area contributed by atoms with Gasteiger partial charge in [0.05, 0.1) is 17.9 Å². The van der Waals surface area contributed by atoms with Crippen LogP contribution in [-0.4, -0.2) is 29.4 Å². The number of nitrogens with two attached hydrogens (primary N) is 2. The lowest BCUT2D eigenvalue weighted by Crippen LogP contribution is -2.17. The molecule has 0 saturated carbocycles. The molecule has 0 bridgehead atoms. The molecule has 3 heterocycles. The number of fused-ring (bicyclic) bond motifs is 1. The van der Waals surface area contributed by atoms with Crippen LogP contribution in [0.15, 0.2) is 6.07 Å². The Bertz CT molecular complexity index is 1160. The van der Waals surface area contributed by atoms with Gasteiger partial charge in [0.15, 0.2) is 0 Å². The van der Waals surface area contributed by atoms with E-state index in [1.54, 1.807) is 13.8 Å². The van der Waals surface area contributed by atoms with Crippen LogP contribution in [0, 0.1) is 20.8 Å². The summed E-state index contributed by atoms with van der Waals surface area (Å²) in [5.74, 6) is -1.82. The number of aromatic nitrogens is 1. The lowest BCUT2D eigenvalue weighted by molar-refractivity contribution is 0.0531. The van der Waals surface area contributed by atoms with Crippen molar-refractivity contribution in [3.05, 3.63) is 38.2 Å². The van der Waals surface area contributed by atoms with Gasteiger partial charge in [-0.05, 0) is 44.9 Å². The summed E-state index contributed by atoms with van der Waals surface area (Å²) in [5, 5.41) is 3.59. The van der Waals surface area contributed by atoms with E-state index in [9.17, 15) is 14.4 Å². The predicted octanol–water partition coefficient (Wildman–Crippen LogP) is 3.39. The van der Waals surface area contributed by atoms with Crippen molar-refractivity contribution in [3.63, 3.8) is 0 Å². The first-order valence-electron chi connectivity index (χ1n) is 8.73. The predicted molar refractivity (Wildman–Crippen MR) is 115 cm³/mol. The molecular weight excluding hydrogens is 412 g/mol. The Hall–Kier alpha value is -2.98. The number of rotatable bonds is 5. The third-order valence-electron chi connectivity index (χ3n) is 4.31. The van der Waals surface area contributed by atoms with E-state index >= 15 is 0 Å². The molecule has 152 valence electrons. The van der Waals surface area contributed by atoms with E-state index in [1.807, 2.05) is 19.9 Å². The monoisotopic (exact) mass is 432 g/mol. The van der Waals surface area contributed by atoms with Crippen LogP contribution in [0.25, 0.3) is 10.2 Å². The lowest BCUT2D eigenvalue weighted by atomic mass is 10.1. The molecule has 0 atom stereocenters. The summed E-state index contributed by atoms with van der Waals surface area (Å²) in [7, 11) is 0. The second-order valence-corrected chi connectivity index (χ2v) is 8.42. The molecule has 0 aromatic carbocycles. The molecule has 10 heteroatoms. The molecule has 0 aliphatic rings. The average molecular weight is 433 g/mol. The fourth-order valence-corrected chi connectivity index (χ4v) is 5.30. The van der Waals surface area contributed by atoms with Crippen LogP contribution in [0.4, 0.5) is 10.7 Å². The van der Waals surface area contributed by atoms with Gasteiger partial charge in [-0.3, -0.25) is 9.59 Å². The second-order valence-electron chi connectivity index (χ2n) is 6.40. The second kappa shape index (κ2) is 7.80. The first-order valence-corrected chi connectivity index (χ1v) is 10.4. The van der Waals surface area contributed by atoms with Gasteiger partial charge in [0.1, 0.15) is 19.6 Å². The Labute approximate surface area is 174 Å². The molecule has 29 heavy (non-hydrogen) atoms. The topological polar surface area (TPSA) is 137 Å². The van der Waals surface area contributed by atoms with Gasteiger partial charge in [0.2, 0.25) is 0 Å². The number of thiophene rings is 2. The van der Waals surface area contributed by atoms with Crippen molar-refractivity contribution >= 4 is 61.4 Å². The van der Waals surface area contributed by atoms with Crippen LogP contribution in [0.3, 0.4) is 0 Å². The van der Waals surface area contributed by atoms with Gasteiger partial charge >= 0.3 is 5.97 Å². The fourth-order valence-electron chi connectivity index (χ4n) is 3.09. The minimum atomic E-state index is -0.748. The molecule has 0 fully saturated rings. The molecule has 0 aliphatic heterocycles. The number of nitrogen functional groups attached to an aromatic ring is 1. The summed E-state index contributed by atoms with van der Waals surface area (Å²) in [6.45, 7) is 7.23. The van der Waals surface area contributed by atoms with E-state index in [-0.39, 0.29) is 26.9 Å². The summed E-state index contributed by atoms with van der Waals surface area (Å²) in [4.78, 5) is 42.6. The van der Waals surface area contributed by atoms with Gasteiger partial charge in [0, 0.05) is 11.1 Å². The van der Waals surface area contributed by atoms with Gasteiger partial charge in [-0.25, -0.2) is 9.78 Å². The molecule has 3 aromatic rings. The summed E-state index contributed by atoms with van der Waals surface area (Å²) in [6.07, 6.45) is 0. The van der Waals surface area contributed by atoms with Crippen LogP contribution in [0.2, 0.25) is 0 Å². The molecule has 0 saturated heterocycles. The third-order valence-corrected chi connectivity index (χ3v) is 6.60. The van der Waals surface area contributed by atoms with Crippen LogP contribution in [0.5, 0.6) is 0 Å². The highest BCUT2D eigenvalue weighted by Gasteiger charge is 2.27. The number of primary amides is 1. The first-order chi connectivity index (χ1) is 13.6. The van der Waals surface area contributed by atoms with Crippen molar-refractivity contribution in [1.29, 1.82) is 0 Å². The van der Waals surface area contributed by atoms with E-state index in [1.165, 1.54) is 11.3 Å². The smallest absolute Gasteiger partial charge is 0.348 e. The van der Waals surface area contributed by atoms with E-state index in [0.717, 1.165) is 28.0 Å². The summed E-state index contributed by atoms with van der Waals surface area (Å²) in [5.41, 5.74) is 14.2. The Morgan fingerprint density at radius 2 is 1.86 bits per heavy atom. The number of carbonyl (C=O) groups is 3. The highest BCUT2D eigenvalue weighted by atomic mass is 32.1. The lowest BCUT2D eigenvalue weighted by Gasteiger charge is -2.04. The third kappa shape index (κ3) is 3.68. The van der Waals surface area contributed by atoms with Gasteiger partial charge < -0.3 is 21.5 Å². The zero-order valence-corrected chi connectivity index (χ0v) is 18.0. The quantitative estimate of drug-likeness (QED) is 0.528.